The normalized spacial score (nSPS) is 12.6. The summed E-state index contributed by atoms with van der Waals surface area (Å²) < 4.78 is 46.5. The number of carbonyl (C=O) groups is 2. The minimum atomic E-state index is -4.67. The van der Waals surface area contributed by atoms with Crippen LogP contribution in [0.1, 0.15) is 40.6 Å². The van der Waals surface area contributed by atoms with Crippen LogP contribution in [0, 0.1) is 6.92 Å². The summed E-state index contributed by atoms with van der Waals surface area (Å²) in [4.78, 5) is 25.2. The average molecular weight is 503 g/mol. The van der Waals surface area contributed by atoms with Gasteiger partial charge in [0.15, 0.2) is 11.4 Å². The van der Waals surface area contributed by atoms with Gasteiger partial charge in [0.1, 0.15) is 11.8 Å². The number of rotatable bonds is 6. The molecule has 3 aromatic heterocycles. The maximum absolute atomic E-state index is 13.1. The van der Waals surface area contributed by atoms with Gasteiger partial charge in [-0.25, -0.2) is 0 Å². The third kappa shape index (κ3) is 4.81. The van der Waals surface area contributed by atoms with Crippen molar-refractivity contribution in [1.82, 2.24) is 24.9 Å². The van der Waals surface area contributed by atoms with Gasteiger partial charge < -0.3 is 15.1 Å². The summed E-state index contributed by atoms with van der Waals surface area (Å²) in [6, 6.07) is 2.27. The third-order valence-electron chi connectivity index (χ3n) is 4.40. The van der Waals surface area contributed by atoms with Gasteiger partial charge in [0.25, 0.3) is 5.91 Å². The fraction of sp³-hybridized carbons (Fsp3) is 0.333. The van der Waals surface area contributed by atoms with E-state index in [-0.39, 0.29) is 28.1 Å². The van der Waals surface area contributed by atoms with Gasteiger partial charge in [-0.1, -0.05) is 0 Å². The van der Waals surface area contributed by atoms with E-state index < -0.39 is 29.7 Å². The van der Waals surface area contributed by atoms with E-state index in [9.17, 15) is 22.8 Å². The molecule has 0 aliphatic heterocycles. The molecule has 31 heavy (non-hydrogen) atoms. The number of hydrogen-bond donors (Lipinski definition) is 2. The molecule has 9 nitrogen and oxygen atoms in total. The molecule has 3 heterocycles. The second-order valence-electron chi connectivity index (χ2n) is 6.68. The van der Waals surface area contributed by atoms with Crippen molar-refractivity contribution >= 4 is 33.4 Å². The molecular weight excluding hydrogens is 485 g/mol. The Balaban J connectivity index is 1.77. The van der Waals surface area contributed by atoms with Crippen molar-refractivity contribution in [2.24, 2.45) is 7.05 Å². The smallest absolute Gasteiger partial charge is 0.436 e. The molecule has 0 saturated carbocycles. The minimum absolute atomic E-state index is 0.0519. The second-order valence-corrected chi connectivity index (χ2v) is 7.48. The van der Waals surface area contributed by atoms with Gasteiger partial charge in [-0.05, 0) is 41.9 Å². The highest BCUT2D eigenvalue weighted by molar-refractivity contribution is 9.10. The van der Waals surface area contributed by atoms with Crippen molar-refractivity contribution < 1.29 is 27.2 Å². The lowest BCUT2D eigenvalue weighted by Gasteiger charge is -2.14. The number of amides is 2. The van der Waals surface area contributed by atoms with E-state index in [1.807, 2.05) is 0 Å². The first kappa shape index (κ1) is 22.6. The minimum Gasteiger partial charge on any atom is -0.467 e. The summed E-state index contributed by atoms with van der Waals surface area (Å²) in [5.41, 5.74) is -0.929. The van der Waals surface area contributed by atoms with Crippen LogP contribution in [-0.2, 0) is 24.6 Å². The zero-order valence-electron chi connectivity index (χ0n) is 16.6. The molecule has 0 radical (unpaired) electrons. The summed E-state index contributed by atoms with van der Waals surface area (Å²) >= 11 is 2.88. The van der Waals surface area contributed by atoms with Crippen molar-refractivity contribution in [3.8, 4) is 0 Å². The molecule has 1 atom stereocenters. The summed E-state index contributed by atoms with van der Waals surface area (Å²) in [5.74, 6) is -0.694. The molecule has 13 heteroatoms. The lowest BCUT2D eigenvalue weighted by Crippen LogP contribution is -2.28. The number of aryl methyl sites for hydroxylation is 1. The highest BCUT2D eigenvalue weighted by atomic mass is 79.9. The molecule has 3 rings (SSSR count). The molecule has 0 aliphatic carbocycles. The van der Waals surface area contributed by atoms with E-state index in [1.165, 1.54) is 31.0 Å². The van der Waals surface area contributed by atoms with Crippen LogP contribution in [0.25, 0.3) is 0 Å². The Bertz CT molecular complexity index is 1100. The van der Waals surface area contributed by atoms with Crippen LogP contribution >= 0.6 is 15.9 Å². The number of anilines is 1. The van der Waals surface area contributed by atoms with Gasteiger partial charge in [0, 0.05) is 13.2 Å². The van der Waals surface area contributed by atoms with E-state index in [0.717, 1.165) is 4.68 Å². The molecule has 0 aliphatic rings. The lowest BCUT2D eigenvalue weighted by atomic mass is 10.2. The molecule has 3 aromatic rings. The van der Waals surface area contributed by atoms with Crippen molar-refractivity contribution in [3.05, 3.63) is 51.9 Å². The molecule has 0 fully saturated rings. The van der Waals surface area contributed by atoms with E-state index in [4.69, 9.17) is 4.42 Å². The molecule has 166 valence electrons. The van der Waals surface area contributed by atoms with Crippen LogP contribution in [0.2, 0.25) is 0 Å². The molecule has 2 amide bonds. The molecule has 0 spiro atoms. The number of furan rings is 1. The zero-order chi connectivity index (χ0) is 22.9. The predicted molar refractivity (Wildman–Crippen MR) is 106 cm³/mol. The Morgan fingerprint density at radius 1 is 1.32 bits per heavy atom. The molecule has 0 unspecified atom stereocenters. The lowest BCUT2D eigenvalue weighted by molar-refractivity contribution is -0.142. The number of nitrogens with one attached hydrogen (secondary N) is 2. The Kier molecular flexibility index (Phi) is 6.25. The first-order chi connectivity index (χ1) is 14.5. The predicted octanol–water partition coefficient (Wildman–Crippen LogP) is 3.43. The van der Waals surface area contributed by atoms with Gasteiger partial charge >= 0.3 is 6.18 Å². The highest BCUT2D eigenvalue weighted by Crippen LogP contribution is 2.36. The van der Waals surface area contributed by atoms with E-state index in [0.29, 0.717) is 5.76 Å². The van der Waals surface area contributed by atoms with Crippen LogP contribution in [0.4, 0.5) is 18.9 Å². The van der Waals surface area contributed by atoms with Crippen LogP contribution in [0.15, 0.2) is 33.5 Å². The molecule has 0 aromatic carbocycles. The first-order valence-corrected chi connectivity index (χ1v) is 9.75. The third-order valence-corrected chi connectivity index (χ3v) is 5.35. The van der Waals surface area contributed by atoms with Crippen molar-refractivity contribution in [2.75, 3.05) is 5.32 Å². The molecular formula is C18H18BrF3N6O3. The monoisotopic (exact) mass is 502 g/mol. The molecule has 0 bridgehead atoms. The first-order valence-electron chi connectivity index (χ1n) is 8.96. The summed E-state index contributed by atoms with van der Waals surface area (Å²) in [6.45, 7) is 2.93. The Labute approximate surface area is 182 Å². The van der Waals surface area contributed by atoms with Gasteiger partial charge in [-0.2, -0.15) is 23.4 Å². The topological polar surface area (TPSA) is 107 Å². The quantitative estimate of drug-likeness (QED) is 0.536. The number of hydrogen-bond acceptors (Lipinski definition) is 5. The van der Waals surface area contributed by atoms with Crippen molar-refractivity contribution in [2.45, 2.75) is 32.6 Å². The SMILES string of the molecule is Cc1c(Br)c(C(F)(F)F)nn1[C@@H](C)C(=O)Nc1cn(C)nc1C(=O)NCc1ccco1. The van der Waals surface area contributed by atoms with Gasteiger partial charge in [-0.3, -0.25) is 19.0 Å². The van der Waals surface area contributed by atoms with Crippen LogP contribution < -0.4 is 10.6 Å². The maximum Gasteiger partial charge on any atom is 0.436 e. The Hall–Kier alpha value is -3.09. The fourth-order valence-electron chi connectivity index (χ4n) is 2.82. The van der Waals surface area contributed by atoms with Gasteiger partial charge in [0.2, 0.25) is 5.91 Å². The van der Waals surface area contributed by atoms with Crippen LogP contribution in [0.3, 0.4) is 0 Å². The van der Waals surface area contributed by atoms with E-state index in [2.05, 4.69) is 36.8 Å². The maximum atomic E-state index is 13.1. The largest absolute Gasteiger partial charge is 0.467 e. The van der Waals surface area contributed by atoms with Gasteiger partial charge in [-0.15, -0.1) is 0 Å². The number of alkyl halides is 3. The standard InChI is InChI=1S/C18H18BrF3N6O3/c1-9-13(19)15(18(20,21)22)26-28(9)10(2)16(29)24-12-8-27(3)25-14(12)17(30)23-7-11-5-4-6-31-11/h4-6,8,10H,7H2,1-3H3,(H,23,30)(H,24,29)/t10-/m0/s1. The summed E-state index contributed by atoms with van der Waals surface area (Å²) in [5, 5.41) is 12.7. The molecule has 2 N–H and O–H groups in total. The second kappa shape index (κ2) is 8.57. The van der Waals surface area contributed by atoms with E-state index in [1.54, 1.807) is 19.2 Å². The van der Waals surface area contributed by atoms with Crippen molar-refractivity contribution in [3.63, 3.8) is 0 Å². The number of halogens is 4. The average Bonchev–Trinajstić information content (AvgIpc) is 3.40. The fourth-order valence-corrected chi connectivity index (χ4v) is 3.30. The van der Waals surface area contributed by atoms with Gasteiger partial charge in [0.05, 0.1) is 28.7 Å². The van der Waals surface area contributed by atoms with E-state index >= 15 is 0 Å². The summed E-state index contributed by atoms with van der Waals surface area (Å²) in [7, 11) is 1.56. The Morgan fingerprint density at radius 2 is 2.03 bits per heavy atom. The zero-order valence-corrected chi connectivity index (χ0v) is 18.2. The van der Waals surface area contributed by atoms with Crippen LogP contribution in [-0.4, -0.2) is 31.4 Å². The number of aromatic nitrogens is 4. The Morgan fingerprint density at radius 3 is 2.61 bits per heavy atom. The summed E-state index contributed by atoms with van der Waals surface area (Å²) in [6.07, 6.45) is -1.79. The number of carbonyl (C=O) groups excluding carboxylic acids is 2. The van der Waals surface area contributed by atoms with Crippen molar-refractivity contribution in [1.29, 1.82) is 0 Å². The number of nitrogens with zero attached hydrogens (tertiary/aromatic N) is 4. The highest BCUT2D eigenvalue weighted by Gasteiger charge is 2.39. The van der Waals surface area contributed by atoms with Crippen LogP contribution in [0.5, 0.6) is 0 Å². The molecule has 0 saturated heterocycles.